The molecule has 0 fully saturated rings. The van der Waals surface area contributed by atoms with Crippen LogP contribution in [0.1, 0.15) is 75.9 Å². The summed E-state index contributed by atoms with van der Waals surface area (Å²) in [5.41, 5.74) is 11.9. The number of nitrogens with two attached hydrogens (primary N) is 2. The van der Waals surface area contributed by atoms with Gasteiger partial charge in [0.25, 0.3) is 5.91 Å². The Bertz CT molecular complexity index is 1600. The van der Waals surface area contributed by atoms with Gasteiger partial charge < -0.3 is 25.7 Å². The van der Waals surface area contributed by atoms with E-state index in [0.29, 0.717) is 29.5 Å². The molecule has 0 saturated heterocycles. The molecule has 232 valence electrons. The number of rotatable bonds is 4. The average Bonchev–Trinajstić information content (AvgIpc) is 2.92. The molecule has 1 atom stereocenters. The predicted molar refractivity (Wildman–Crippen MR) is 156 cm³/mol. The lowest BCUT2D eigenvalue weighted by molar-refractivity contribution is -0.125. The molecule has 0 saturated carbocycles. The van der Waals surface area contributed by atoms with Crippen molar-refractivity contribution in [1.29, 1.82) is 0 Å². The lowest BCUT2D eigenvalue weighted by atomic mass is 9.75. The third-order valence-electron chi connectivity index (χ3n) is 7.83. The number of hydrogen-bond donors (Lipinski definition) is 2. The van der Waals surface area contributed by atoms with E-state index in [1.54, 1.807) is 12.1 Å². The van der Waals surface area contributed by atoms with E-state index in [0.717, 1.165) is 5.56 Å². The third-order valence-corrected chi connectivity index (χ3v) is 12.6. The largest absolute Gasteiger partial charge is 0.465 e. The molecule has 14 heteroatoms. The van der Waals surface area contributed by atoms with Crippen molar-refractivity contribution in [1.82, 2.24) is 0 Å². The number of allylic oxidation sites excluding steroid dienone is 1. The standard InChI is InChI=1S/C14H21N3O4S.C14H18O5S/c1-4-14(11(18)17-12(15)16)6-5-10-9(7-14)8-21-13(2,3)22(10,19)20;1-5-9-6-10-8-19-14(2,3)20(16,17)12(10)7-11(9)13(15)18-4/h5-6H,4,7-8H2,1-3H3,(H4,15,16,17,18);6-7H,5,8H2,1-4H3. The number of nitrogens with zero attached hydrogens (tertiary/aromatic N) is 1. The van der Waals surface area contributed by atoms with Crippen LogP contribution in [-0.4, -0.2) is 58.3 Å². The molecule has 1 aromatic carbocycles. The average molecular weight is 626 g/mol. The van der Waals surface area contributed by atoms with Crippen molar-refractivity contribution in [3.8, 4) is 0 Å². The number of amides is 1. The van der Waals surface area contributed by atoms with Gasteiger partial charge in [-0.2, -0.15) is 4.99 Å². The van der Waals surface area contributed by atoms with E-state index in [4.69, 9.17) is 25.7 Å². The number of aliphatic imine (C=N–C) groups is 1. The number of methoxy groups -OCH3 is 1. The summed E-state index contributed by atoms with van der Waals surface area (Å²) in [6.45, 7) is 10.2. The number of carbonyl (C=O) groups excluding carboxylic acids is 2. The first-order valence-corrected chi connectivity index (χ1v) is 16.3. The maximum absolute atomic E-state index is 12.5. The molecule has 2 aliphatic heterocycles. The molecule has 4 rings (SSSR count). The molecule has 0 radical (unpaired) electrons. The first-order chi connectivity index (χ1) is 19.3. The Labute approximate surface area is 247 Å². The van der Waals surface area contributed by atoms with Crippen molar-refractivity contribution in [2.75, 3.05) is 13.7 Å². The highest BCUT2D eigenvalue weighted by molar-refractivity contribution is 7.96. The topological polar surface area (TPSA) is 195 Å². The van der Waals surface area contributed by atoms with Crippen molar-refractivity contribution in [3.05, 3.63) is 51.5 Å². The quantitative estimate of drug-likeness (QED) is 0.284. The minimum Gasteiger partial charge on any atom is -0.465 e. The van der Waals surface area contributed by atoms with Crippen LogP contribution in [0.3, 0.4) is 0 Å². The number of aryl methyl sites for hydroxylation is 1. The maximum Gasteiger partial charge on any atom is 0.338 e. The zero-order chi connectivity index (χ0) is 31.9. The third kappa shape index (κ3) is 5.77. The minimum atomic E-state index is -3.64. The molecule has 0 spiro atoms. The van der Waals surface area contributed by atoms with Crippen molar-refractivity contribution >= 4 is 37.5 Å². The van der Waals surface area contributed by atoms with Crippen LogP contribution in [0, 0.1) is 5.41 Å². The Balaban J connectivity index is 0.000000231. The Hall–Kier alpha value is -3.07. The zero-order valence-electron chi connectivity index (χ0n) is 24.9. The second-order valence-electron chi connectivity index (χ2n) is 11.2. The molecular formula is C28H39N3O9S2. The van der Waals surface area contributed by atoms with Gasteiger partial charge in [0.1, 0.15) is 0 Å². The van der Waals surface area contributed by atoms with E-state index in [1.807, 2.05) is 13.8 Å². The van der Waals surface area contributed by atoms with Gasteiger partial charge in [-0.15, -0.1) is 0 Å². The van der Waals surface area contributed by atoms with Gasteiger partial charge in [0, 0.05) is 0 Å². The fourth-order valence-corrected chi connectivity index (χ4v) is 7.86. The van der Waals surface area contributed by atoms with E-state index in [-0.39, 0.29) is 35.4 Å². The molecule has 4 N–H and O–H groups in total. The van der Waals surface area contributed by atoms with Crippen LogP contribution < -0.4 is 11.5 Å². The van der Waals surface area contributed by atoms with Crippen molar-refractivity contribution in [3.63, 3.8) is 0 Å². The van der Waals surface area contributed by atoms with Crippen LogP contribution in [0.25, 0.3) is 0 Å². The maximum atomic E-state index is 12.5. The highest BCUT2D eigenvalue weighted by Crippen LogP contribution is 2.45. The minimum absolute atomic E-state index is 0.159. The van der Waals surface area contributed by atoms with Gasteiger partial charge in [-0.25, -0.2) is 21.6 Å². The van der Waals surface area contributed by atoms with Gasteiger partial charge in [-0.3, -0.25) is 4.79 Å². The summed E-state index contributed by atoms with van der Waals surface area (Å²) in [6, 6.07) is 3.13. The van der Waals surface area contributed by atoms with E-state index in [2.05, 4.69) is 4.99 Å². The molecular weight excluding hydrogens is 586 g/mol. The van der Waals surface area contributed by atoms with Crippen molar-refractivity contribution in [2.45, 2.75) is 82.2 Å². The predicted octanol–water partition coefficient (Wildman–Crippen LogP) is 2.65. The molecule has 0 bridgehead atoms. The van der Waals surface area contributed by atoms with Gasteiger partial charge in [0.15, 0.2) is 15.8 Å². The lowest BCUT2D eigenvalue weighted by Crippen LogP contribution is -2.43. The summed E-state index contributed by atoms with van der Waals surface area (Å²) in [5, 5.41) is 0. The number of hydrogen-bond acceptors (Lipinski definition) is 9. The number of fused-ring (bicyclic) bond motifs is 1. The number of esters is 1. The van der Waals surface area contributed by atoms with Gasteiger partial charge in [0.2, 0.25) is 19.7 Å². The summed E-state index contributed by atoms with van der Waals surface area (Å²) in [7, 11) is -5.95. The SMILES string of the molecule is CCC1(C(=O)N=C(N)N)C=CC2=C(COC(C)(C)S2(=O)=O)C1.CCc1cc2c(cc1C(=O)OC)S(=O)(=O)C(C)(C)OC2. The fraction of sp³-hybridized carbons (Fsp3) is 0.536. The summed E-state index contributed by atoms with van der Waals surface area (Å²) in [6.07, 6.45) is 4.39. The van der Waals surface area contributed by atoms with Gasteiger partial charge in [-0.1, -0.05) is 26.0 Å². The number of sulfone groups is 2. The zero-order valence-corrected chi connectivity index (χ0v) is 26.6. The summed E-state index contributed by atoms with van der Waals surface area (Å²) in [4.78, 5) is 25.6. The Kier molecular flexibility index (Phi) is 9.19. The van der Waals surface area contributed by atoms with Crippen LogP contribution in [0.4, 0.5) is 0 Å². The van der Waals surface area contributed by atoms with E-state index in [9.17, 15) is 26.4 Å². The van der Waals surface area contributed by atoms with Crippen LogP contribution in [-0.2, 0) is 51.7 Å². The molecule has 0 aromatic heterocycles. The molecule has 2 heterocycles. The number of benzene rings is 1. The number of guanidine groups is 1. The number of ether oxygens (including phenoxy) is 3. The fourth-order valence-electron chi connectivity index (χ4n) is 4.88. The molecule has 12 nitrogen and oxygen atoms in total. The highest BCUT2D eigenvalue weighted by Gasteiger charge is 2.47. The Morgan fingerprint density at radius 3 is 2.12 bits per heavy atom. The molecule has 1 unspecified atom stereocenters. The van der Waals surface area contributed by atoms with E-state index < -0.39 is 46.8 Å². The molecule has 1 amide bonds. The summed E-state index contributed by atoms with van der Waals surface area (Å²) >= 11 is 0. The monoisotopic (exact) mass is 625 g/mol. The molecule has 3 aliphatic rings. The molecule has 42 heavy (non-hydrogen) atoms. The van der Waals surface area contributed by atoms with Crippen molar-refractivity contribution < 1.29 is 40.6 Å². The van der Waals surface area contributed by atoms with Crippen molar-refractivity contribution in [2.24, 2.45) is 21.9 Å². The Morgan fingerprint density at radius 1 is 0.976 bits per heavy atom. The number of carbonyl (C=O) groups is 2. The summed E-state index contributed by atoms with van der Waals surface area (Å²) in [5.74, 6) is -1.30. The van der Waals surface area contributed by atoms with Gasteiger partial charge in [0.05, 0.1) is 41.1 Å². The van der Waals surface area contributed by atoms with Crippen LogP contribution in [0.15, 0.2) is 44.7 Å². The van der Waals surface area contributed by atoms with E-state index >= 15 is 0 Å². The van der Waals surface area contributed by atoms with Crippen LogP contribution >= 0.6 is 0 Å². The first kappa shape index (κ1) is 33.4. The smallest absolute Gasteiger partial charge is 0.338 e. The second kappa shape index (κ2) is 11.5. The van der Waals surface area contributed by atoms with Crippen LogP contribution in [0.2, 0.25) is 0 Å². The van der Waals surface area contributed by atoms with Gasteiger partial charge in [-0.05, 0) is 75.8 Å². The molecule has 1 aliphatic carbocycles. The lowest BCUT2D eigenvalue weighted by Gasteiger charge is -2.38. The first-order valence-electron chi connectivity index (χ1n) is 13.4. The molecule has 1 aromatic rings. The highest BCUT2D eigenvalue weighted by atomic mass is 32.2. The van der Waals surface area contributed by atoms with Crippen LogP contribution in [0.5, 0.6) is 0 Å². The Morgan fingerprint density at radius 2 is 1.57 bits per heavy atom. The van der Waals surface area contributed by atoms with Gasteiger partial charge >= 0.3 is 5.97 Å². The second-order valence-corrected chi connectivity index (χ2v) is 16.0. The normalized spacial score (nSPS) is 24.3. The van der Waals surface area contributed by atoms with E-state index in [1.165, 1.54) is 46.9 Å². The summed E-state index contributed by atoms with van der Waals surface area (Å²) < 4.78 is 65.7.